The lowest BCUT2D eigenvalue weighted by molar-refractivity contribution is 0.102. The molecule has 10 heteroatoms. The second-order valence-electron chi connectivity index (χ2n) is 6.50. The fraction of sp³-hybridized carbons (Fsp3) is 0.100. The Morgan fingerprint density at radius 3 is 2.03 bits per heavy atom. The molecule has 0 spiro atoms. The first kappa shape index (κ1) is 21.2. The molecule has 1 amide bonds. The van der Waals surface area contributed by atoms with Gasteiger partial charge in [-0.05, 0) is 48.5 Å². The zero-order valence-electron chi connectivity index (χ0n) is 16.1. The first-order chi connectivity index (χ1) is 14.2. The van der Waals surface area contributed by atoms with Gasteiger partial charge in [-0.25, -0.2) is 17.2 Å². The average Bonchev–Trinajstić information content (AvgIpc) is 2.67. The molecule has 30 heavy (non-hydrogen) atoms. The van der Waals surface area contributed by atoms with E-state index in [0.29, 0.717) is 5.69 Å². The number of rotatable bonds is 6. The van der Waals surface area contributed by atoms with Gasteiger partial charge in [0.2, 0.25) is 0 Å². The van der Waals surface area contributed by atoms with Gasteiger partial charge in [-0.3, -0.25) is 14.5 Å². The molecule has 0 fully saturated rings. The van der Waals surface area contributed by atoms with Gasteiger partial charge in [-0.2, -0.15) is 0 Å². The monoisotopic (exact) mass is 432 g/mol. The smallest absolute Gasteiger partial charge is 0.261 e. The Bertz CT molecular complexity index is 1150. The molecule has 2 aromatic carbocycles. The summed E-state index contributed by atoms with van der Waals surface area (Å²) in [5.74, 6) is -2.28. The van der Waals surface area contributed by atoms with Crippen LogP contribution >= 0.6 is 0 Å². The molecule has 7 nitrogen and oxygen atoms in total. The van der Waals surface area contributed by atoms with E-state index in [-0.39, 0.29) is 21.8 Å². The summed E-state index contributed by atoms with van der Waals surface area (Å²) in [7, 11) is -0.854. The maximum absolute atomic E-state index is 14.1. The highest BCUT2D eigenvalue weighted by Crippen LogP contribution is 2.26. The van der Waals surface area contributed by atoms with Crippen molar-refractivity contribution < 1.29 is 22.0 Å². The number of hydrogen-bond donors (Lipinski definition) is 2. The summed E-state index contributed by atoms with van der Waals surface area (Å²) in [4.78, 5) is 17.4. The van der Waals surface area contributed by atoms with E-state index < -0.39 is 27.6 Å². The lowest BCUT2D eigenvalue weighted by Crippen LogP contribution is -2.16. The maximum atomic E-state index is 14.1. The number of nitrogens with zero attached hydrogens (tertiary/aromatic N) is 2. The second kappa shape index (κ2) is 8.46. The van der Waals surface area contributed by atoms with Crippen molar-refractivity contribution in [1.29, 1.82) is 0 Å². The van der Waals surface area contributed by atoms with Gasteiger partial charge in [0.05, 0.1) is 10.6 Å². The molecule has 1 heterocycles. The summed E-state index contributed by atoms with van der Waals surface area (Å²) in [6.07, 6.45) is 2.89. The van der Waals surface area contributed by atoms with Crippen LogP contribution in [0.2, 0.25) is 0 Å². The van der Waals surface area contributed by atoms with E-state index in [0.717, 1.165) is 12.1 Å². The zero-order valence-corrected chi connectivity index (χ0v) is 16.9. The van der Waals surface area contributed by atoms with E-state index in [4.69, 9.17) is 0 Å². The number of benzene rings is 2. The predicted molar refractivity (Wildman–Crippen MR) is 110 cm³/mol. The number of carbonyl (C=O) groups excluding carboxylic acids is 1. The van der Waals surface area contributed by atoms with Gasteiger partial charge >= 0.3 is 0 Å². The molecule has 2 N–H and O–H groups in total. The van der Waals surface area contributed by atoms with Gasteiger partial charge in [0.25, 0.3) is 15.9 Å². The van der Waals surface area contributed by atoms with Gasteiger partial charge in [-0.1, -0.05) is 0 Å². The number of hydrogen-bond acceptors (Lipinski definition) is 5. The van der Waals surface area contributed by atoms with Crippen LogP contribution in [-0.4, -0.2) is 33.4 Å². The van der Waals surface area contributed by atoms with Crippen LogP contribution in [0.5, 0.6) is 0 Å². The number of sulfonamides is 1. The third-order valence-electron chi connectivity index (χ3n) is 4.08. The number of nitrogens with one attached hydrogen (secondary N) is 2. The van der Waals surface area contributed by atoms with Crippen LogP contribution < -0.4 is 14.9 Å². The Labute approximate surface area is 172 Å². The molecule has 156 valence electrons. The number of carbonyl (C=O) groups is 1. The molecule has 0 bridgehead atoms. The van der Waals surface area contributed by atoms with Crippen molar-refractivity contribution in [2.24, 2.45) is 0 Å². The largest absolute Gasteiger partial charge is 0.373 e. The third kappa shape index (κ3) is 4.71. The second-order valence-corrected chi connectivity index (χ2v) is 8.19. The topological polar surface area (TPSA) is 91.4 Å². The molecule has 0 aliphatic heterocycles. The minimum absolute atomic E-state index is 0.0525. The van der Waals surface area contributed by atoms with Crippen LogP contribution in [0.4, 0.5) is 25.8 Å². The normalized spacial score (nSPS) is 11.1. The van der Waals surface area contributed by atoms with Crippen molar-refractivity contribution in [2.45, 2.75) is 4.90 Å². The van der Waals surface area contributed by atoms with Crippen LogP contribution in [0.1, 0.15) is 10.4 Å². The standard InChI is InChI=1S/C20H18F2N4O3S/c1-26(2)19-17(21)11-15(12-18(19)22)24-20(27)13-3-5-16(6-4-13)30(28,29)25-14-7-9-23-10-8-14/h3-12H,1-2H3,(H,23,25)(H,24,27). The number of amides is 1. The van der Waals surface area contributed by atoms with Gasteiger partial charge in [0, 0.05) is 37.7 Å². The van der Waals surface area contributed by atoms with Crippen LogP contribution in [0, 0.1) is 11.6 Å². The minimum atomic E-state index is -3.85. The Hall–Kier alpha value is -3.53. The summed E-state index contributed by atoms with van der Waals surface area (Å²) < 4.78 is 55.4. The number of aromatic nitrogens is 1. The summed E-state index contributed by atoms with van der Waals surface area (Å²) in [6, 6.07) is 10.1. The summed E-state index contributed by atoms with van der Waals surface area (Å²) in [5, 5.41) is 2.39. The van der Waals surface area contributed by atoms with E-state index in [1.54, 1.807) is 0 Å². The van der Waals surface area contributed by atoms with E-state index in [9.17, 15) is 22.0 Å². The third-order valence-corrected chi connectivity index (χ3v) is 5.48. The molecule has 0 saturated carbocycles. The Morgan fingerprint density at radius 2 is 1.50 bits per heavy atom. The first-order valence-corrected chi connectivity index (χ1v) is 10.2. The zero-order chi connectivity index (χ0) is 21.9. The highest BCUT2D eigenvalue weighted by atomic mass is 32.2. The van der Waals surface area contributed by atoms with Crippen molar-refractivity contribution in [2.75, 3.05) is 29.0 Å². The van der Waals surface area contributed by atoms with Crippen LogP contribution in [-0.2, 0) is 10.0 Å². The molecular formula is C20H18F2N4O3S. The van der Waals surface area contributed by atoms with Crippen LogP contribution in [0.15, 0.2) is 65.8 Å². The molecule has 0 aliphatic rings. The average molecular weight is 432 g/mol. The Kier molecular flexibility index (Phi) is 5.97. The maximum Gasteiger partial charge on any atom is 0.261 e. The van der Waals surface area contributed by atoms with Gasteiger partial charge in [0.1, 0.15) is 5.69 Å². The molecular weight excluding hydrogens is 414 g/mol. The lowest BCUT2D eigenvalue weighted by Gasteiger charge is -2.16. The molecule has 0 aliphatic carbocycles. The van der Waals surface area contributed by atoms with Gasteiger partial charge in [-0.15, -0.1) is 0 Å². The van der Waals surface area contributed by atoms with Crippen molar-refractivity contribution >= 4 is 33.0 Å². The Morgan fingerprint density at radius 1 is 0.933 bits per heavy atom. The van der Waals surface area contributed by atoms with Crippen molar-refractivity contribution in [3.8, 4) is 0 Å². The number of pyridine rings is 1. The molecule has 0 saturated heterocycles. The molecule has 0 radical (unpaired) electrons. The lowest BCUT2D eigenvalue weighted by atomic mass is 10.2. The fourth-order valence-corrected chi connectivity index (χ4v) is 3.75. The molecule has 0 atom stereocenters. The SMILES string of the molecule is CN(C)c1c(F)cc(NC(=O)c2ccc(S(=O)(=O)Nc3ccncc3)cc2)cc1F. The van der Waals surface area contributed by atoms with Gasteiger partial charge in [0.15, 0.2) is 11.6 Å². The highest BCUT2D eigenvalue weighted by Gasteiger charge is 2.17. The molecule has 0 unspecified atom stereocenters. The van der Waals surface area contributed by atoms with Crippen molar-refractivity contribution in [3.63, 3.8) is 0 Å². The van der Waals surface area contributed by atoms with E-state index >= 15 is 0 Å². The van der Waals surface area contributed by atoms with Crippen LogP contribution in [0.25, 0.3) is 0 Å². The summed E-state index contributed by atoms with van der Waals surface area (Å²) in [5.41, 5.74) is 0.188. The molecule has 3 rings (SSSR count). The van der Waals surface area contributed by atoms with E-state index in [2.05, 4.69) is 15.0 Å². The van der Waals surface area contributed by atoms with E-state index in [1.165, 1.54) is 67.8 Å². The first-order valence-electron chi connectivity index (χ1n) is 8.68. The Balaban J connectivity index is 1.76. The summed E-state index contributed by atoms with van der Waals surface area (Å²) >= 11 is 0. The minimum Gasteiger partial charge on any atom is -0.373 e. The molecule has 3 aromatic rings. The number of anilines is 3. The molecule has 1 aromatic heterocycles. The number of halogens is 2. The predicted octanol–water partition coefficient (Wildman–Crippen LogP) is 3.48. The fourth-order valence-electron chi connectivity index (χ4n) is 2.69. The van der Waals surface area contributed by atoms with Gasteiger partial charge < -0.3 is 10.2 Å². The van der Waals surface area contributed by atoms with Crippen LogP contribution in [0.3, 0.4) is 0 Å². The van der Waals surface area contributed by atoms with Crippen molar-refractivity contribution in [3.05, 3.63) is 78.1 Å². The highest BCUT2D eigenvalue weighted by molar-refractivity contribution is 7.92. The quantitative estimate of drug-likeness (QED) is 0.622. The summed E-state index contributed by atoms with van der Waals surface area (Å²) in [6.45, 7) is 0. The van der Waals surface area contributed by atoms with Crippen molar-refractivity contribution in [1.82, 2.24) is 4.98 Å². The van der Waals surface area contributed by atoms with E-state index in [1.807, 2.05) is 0 Å².